The van der Waals surface area contributed by atoms with Gasteiger partial charge in [0.25, 0.3) is 0 Å². The number of benzene rings is 1. The number of hydrogen-bond acceptors (Lipinski definition) is 2. The molecule has 0 atom stereocenters. The maximum absolute atomic E-state index is 6.02. The number of nitrogens with one attached hydrogen (secondary N) is 1. The molecule has 0 saturated heterocycles. The zero-order valence-corrected chi connectivity index (χ0v) is 11.8. The molecule has 2 saturated carbocycles. The number of halogens is 2. The van der Waals surface area contributed by atoms with Gasteiger partial charge in [-0.3, -0.25) is 0 Å². The average Bonchev–Trinajstić information content (AvgIpc) is 3.17. The third-order valence-electron chi connectivity index (χ3n) is 4.08. The molecule has 0 spiro atoms. The van der Waals surface area contributed by atoms with Gasteiger partial charge in [0.1, 0.15) is 0 Å². The van der Waals surface area contributed by atoms with Gasteiger partial charge in [0, 0.05) is 6.54 Å². The van der Waals surface area contributed by atoms with Crippen molar-refractivity contribution in [2.24, 2.45) is 17.8 Å². The van der Waals surface area contributed by atoms with Crippen LogP contribution in [0.4, 0.5) is 11.4 Å². The maximum Gasteiger partial charge on any atom is 0.0614 e. The van der Waals surface area contributed by atoms with Crippen molar-refractivity contribution in [3.8, 4) is 0 Å². The molecule has 2 fully saturated rings. The van der Waals surface area contributed by atoms with Crippen molar-refractivity contribution >= 4 is 34.6 Å². The smallest absolute Gasteiger partial charge is 0.0614 e. The van der Waals surface area contributed by atoms with Crippen molar-refractivity contribution in [3.05, 3.63) is 22.2 Å². The van der Waals surface area contributed by atoms with Crippen LogP contribution in [0.25, 0.3) is 0 Å². The first-order chi connectivity index (χ1) is 8.65. The van der Waals surface area contributed by atoms with Gasteiger partial charge in [-0.1, -0.05) is 23.2 Å². The van der Waals surface area contributed by atoms with E-state index >= 15 is 0 Å². The zero-order valence-electron chi connectivity index (χ0n) is 10.3. The molecule has 0 aliphatic heterocycles. The molecule has 0 heterocycles. The number of anilines is 2. The Bertz CT molecular complexity index is 441. The van der Waals surface area contributed by atoms with E-state index in [0.717, 1.165) is 30.0 Å². The Kier molecular flexibility index (Phi) is 3.33. The van der Waals surface area contributed by atoms with Gasteiger partial charge in [-0.2, -0.15) is 0 Å². The van der Waals surface area contributed by atoms with E-state index in [-0.39, 0.29) is 0 Å². The lowest BCUT2D eigenvalue weighted by Crippen LogP contribution is -2.18. The van der Waals surface area contributed by atoms with Crippen LogP contribution >= 0.6 is 23.2 Å². The normalized spacial score (nSPS) is 19.3. The summed E-state index contributed by atoms with van der Waals surface area (Å²) in [6.07, 6.45) is 5.61. The van der Waals surface area contributed by atoms with Crippen molar-refractivity contribution < 1.29 is 0 Å². The predicted molar refractivity (Wildman–Crippen MR) is 78.3 cm³/mol. The number of nitrogens with two attached hydrogens (primary N) is 1. The molecular formula is C14H18Cl2N2. The summed E-state index contributed by atoms with van der Waals surface area (Å²) in [5.41, 5.74) is 7.54. The minimum atomic E-state index is 0.514. The lowest BCUT2D eigenvalue weighted by Gasteiger charge is -2.18. The first kappa shape index (κ1) is 12.4. The van der Waals surface area contributed by atoms with Crippen molar-refractivity contribution in [1.82, 2.24) is 0 Å². The van der Waals surface area contributed by atoms with Crippen LogP contribution in [-0.2, 0) is 0 Å². The van der Waals surface area contributed by atoms with Crippen LogP contribution in [0.5, 0.6) is 0 Å². The molecule has 3 N–H and O–H groups in total. The van der Waals surface area contributed by atoms with Crippen LogP contribution in [0, 0.1) is 17.8 Å². The Balaban J connectivity index is 1.66. The molecule has 1 aromatic rings. The maximum atomic E-state index is 6.02. The number of hydrogen-bond donors (Lipinski definition) is 2. The number of rotatable bonds is 5. The molecular weight excluding hydrogens is 267 g/mol. The van der Waals surface area contributed by atoms with Crippen molar-refractivity contribution in [3.63, 3.8) is 0 Å². The topological polar surface area (TPSA) is 38.0 Å². The molecule has 0 bridgehead atoms. The minimum Gasteiger partial charge on any atom is -0.397 e. The standard InChI is InChI=1S/C14H18Cl2N2/c15-11-5-13(17)14(6-12(11)16)18-7-10(8-1-2-8)9-3-4-9/h5-6,8-10,18H,1-4,7,17H2. The van der Waals surface area contributed by atoms with Gasteiger partial charge in [-0.25, -0.2) is 0 Å². The molecule has 0 unspecified atom stereocenters. The Morgan fingerprint density at radius 2 is 1.67 bits per heavy atom. The average molecular weight is 285 g/mol. The third-order valence-corrected chi connectivity index (χ3v) is 4.80. The van der Waals surface area contributed by atoms with E-state index in [9.17, 15) is 0 Å². The fourth-order valence-electron chi connectivity index (χ4n) is 2.71. The molecule has 18 heavy (non-hydrogen) atoms. The zero-order chi connectivity index (χ0) is 12.7. The molecule has 2 aliphatic rings. The highest BCUT2D eigenvalue weighted by Crippen LogP contribution is 2.49. The van der Waals surface area contributed by atoms with Crippen LogP contribution in [0.3, 0.4) is 0 Å². The van der Waals surface area contributed by atoms with E-state index in [4.69, 9.17) is 28.9 Å². The quantitative estimate of drug-likeness (QED) is 0.786. The van der Waals surface area contributed by atoms with Crippen LogP contribution in [0.15, 0.2) is 12.1 Å². The van der Waals surface area contributed by atoms with E-state index in [1.54, 1.807) is 6.07 Å². The molecule has 2 aliphatic carbocycles. The van der Waals surface area contributed by atoms with Gasteiger partial charge in [0.05, 0.1) is 21.4 Å². The Morgan fingerprint density at radius 1 is 1.11 bits per heavy atom. The second kappa shape index (κ2) is 4.82. The lowest BCUT2D eigenvalue weighted by atomic mass is 9.98. The highest BCUT2D eigenvalue weighted by Gasteiger charge is 2.41. The Labute approximate surface area is 118 Å². The summed E-state index contributed by atoms with van der Waals surface area (Å²) in [7, 11) is 0. The molecule has 4 heteroatoms. The highest BCUT2D eigenvalue weighted by atomic mass is 35.5. The summed E-state index contributed by atoms with van der Waals surface area (Å²) in [4.78, 5) is 0. The minimum absolute atomic E-state index is 0.514. The Hall–Kier alpha value is -0.600. The first-order valence-corrected chi connectivity index (χ1v) is 7.39. The van der Waals surface area contributed by atoms with Gasteiger partial charge in [0.15, 0.2) is 0 Å². The second-order valence-corrected chi connectivity index (χ2v) is 6.39. The first-order valence-electron chi connectivity index (χ1n) is 6.63. The molecule has 0 radical (unpaired) electrons. The Morgan fingerprint density at radius 3 is 2.22 bits per heavy atom. The fraction of sp³-hybridized carbons (Fsp3) is 0.571. The summed E-state index contributed by atoms with van der Waals surface area (Å²) in [5.74, 6) is 2.70. The summed E-state index contributed by atoms with van der Waals surface area (Å²) in [6, 6.07) is 3.55. The molecule has 1 aromatic carbocycles. The van der Waals surface area contributed by atoms with Crippen LogP contribution < -0.4 is 11.1 Å². The van der Waals surface area contributed by atoms with Gasteiger partial charge < -0.3 is 11.1 Å². The monoisotopic (exact) mass is 284 g/mol. The summed E-state index contributed by atoms with van der Waals surface area (Å²) >= 11 is 12.0. The van der Waals surface area contributed by atoms with Crippen LogP contribution in [0.1, 0.15) is 25.7 Å². The SMILES string of the molecule is Nc1cc(Cl)c(Cl)cc1NCC(C1CC1)C1CC1. The molecule has 0 amide bonds. The van der Waals surface area contributed by atoms with Gasteiger partial charge in [-0.15, -0.1) is 0 Å². The molecule has 3 rings (SSSR count). The third kappa shape index (κ3) is 2.70. The molecule has 0 aromatic heterocycles. The molecule has 98 valence electrons. The highest BCUT2D eigenvalue weighted by molar-refractivity contribution is 6.42. The van der Waals surface area contributed by atoms with Crippen molar-refractivity contribution in [1.29, 1.82) is 0 Å². The van der Waals surface area contributed by atoms with Crippen LogP contribution in [-0.4, -0.2) is 6.54 Å². The van der Waals surface area contributed by atoms with Gasteiger partial charge >= 0.3 is 0 Å². The summed E-state index contributed by atoms with van der Waals surface area (Å²) < 4.78 is 0. The van der Waals surface area contributed by atoms with Crippen molar-refractivity contribution in [2.45, 2.75) is 25.7 Å². The fourth-order valence-corrected chi connectivity index (χ4v) is 3.05. The van der Waals surface area contributed by atoms with E-state index in [1.165, 1.54) is 25.7 Å². The lowest BCUT2D eigenvalue weighted by molar-refractivity contribution is 0.428. The van der Waals surface area contributed by atoms with E-state index in [2.05, 4.69) is 5.32 Å². The summed E-state index contributed by atoms with van der Waals surface area (Å²) in [6.45, 7) is 1.01. The van der Waals surface area contributed by atoms with E-state index in [0.29, 0.717) is 15.7 Å². The van der Waals surface area contributed by atoms with E-state index < -0.39 is 0 Å². The van der Waals surface area contributed by atoms with Gasteiger partial charge in [0.2, 0.25) is 0 Å². The number of nitrogen functional groups attached to an aromatic ring is 1. The van der Waals surface area contributed by atoms with Crippen LogP contribution in [0.2, 0.25) is 10.0 Å². The van der Waals surface area contributed by atoms with Crippen molar-refractivity contribution in [2.75, 3.05) is 17.6 Å². The summed E-state index contributed by atoms with van der Waals surface area (Å²) in [5, 5.41) is 4.53. The largest absolute Gasteiger partial charge is 0.397 e. The predicted octanol–water partition coefficient (Wildman–Crippen LogP) is 4.42. The van der Waals surface area contributed by atoms with E-state index in [1.807, 2.05) is 6.07 Å². The second-order valence-electron chi connectivity index (χ2n) is 5.57. The van der Waals surface area contributed by atoms with Gasteiger partial charge in [-0.05, 0) is 55.6 Å². The molecule has 2 nitrogen and oxygen atoms in total.